The van der Waals surface area contributed by atoms with Crippen LogP contribution in [0.3, 0.4) is 0 Å². The van der Waals surface area contributed by atoms with Gasteiger partial charge in [0.1, 0.15) is 0 Å². The third-order valence-corrected chi connectivity index (χ3v) is 5.63. The second-order valence-corrected chi connectivity index (χ2v) is 7.79. The van der Waals surface area contributed by atoms with E-state index in [1.807, 2.05) is 6.20 Å². The molecule has 0 amide bonds. The van der Waals surface area contributed by atoms with Crippen molar-refractivity contribution < 1.29 is 4.65 Å². The molecule has 5 heteroatoms. The average molecular weight is 289 g/mol. The van der Waals surface area contributed by atoms with Crippen LogP contribution in [0.1, 0.15) is 40.5 Å². The molecular formula is C16H28BN3O. The molecule has 2 aliphatic heterocycles. The summed E-state index contributed by atoms with van der Waals surface area (Å²) in [6.07, 6.45) is 7.94. The van der Waals surface area contributed by atoms with Crippen LogP contribution in [0.5, 0.6) is 0 Å². The molecule has 0 bridgehead atoms. The van der Waals surface area contributed by atoms with E-state index in [9.17, 15) is 0 Å². The third kappa shape index (κ3) is 3.04. The van der Waals surface area contributed by atoms with Crippen LogP contribution in [0.4, 0.5) is 0 Å². The van der Waals surface area contributed by atoms with E-state index < -0.39 is 0 Å². The molecule has 0 aromatic carbocycles. The molecule has 0 atom stereocenters. The van der Waals surface area contributed by atoms with E-state index in [-0.39, 0.29) is 17.9 Å². The molecule has 116 valence electrons. The fourth-order valence-electron chi connectivity index (χ4n) is 3.37. The molecule has 2 aliphatic rings. The van der Waals surface area contributed by atoms with E-state index in [1.165, 1.54) is 31.4 Å². The fourth-order valence-corrected chi connectivity index (χ4v) is 3.37. The SMILES string of the molecule is CC1(C)CB(c2cnn(CCN3CCCC3)c2)OC1(C)C. The van der Waals surface area contributed by atoms with Gasteiger partial charge >= 0.3 is 6.92 Å². The largest absolute Gasteiger partial charge is 0.425 e. The lowest BCUT2D eigenvalue weighted by Crippen LogP contribution is -2.35. The highest BCUT2D eigenvalue weighted by Crippen LogP contribution is 2.44. The Morgan fingerprint density at radius 3 is 2.52 bits per heavy atom. The Kier molecular flexibility index (Phi) is 3.91. The van der Waals surface area contributed by atoms with Gasteiger partial charge in [-0.2, -0.15) is 5.10 Å². The van der Waals surface area contributed by atoms with Gasteiger partial charge in [0, 0.05) is 18.9 Å². The minimum atomic E-state index is -0.0741. The monoisotopic (exact) mass is 289 g/mol. The zero-order chi connectivity index (χ0) is 15.1. The van der Waals surface area contributed by atoms with E-state index in [0.717, 1.165) is 19.4 Å². The first-order chi connectivity index (χ1) is 9.87. The van der Waals surface area contributed by atoms with Crippen LogP contribution >= 0.6 is 0 Å². The number of rotatable bonds is 4. The highest BCUT2D eigenvalue weighted by molar-refractivity contribution is 6.68. The maximum absolute atomic E-state index is 6.28. The molecule has 2 saturated heterocycles. The normalized spacial score (nSPS) is 24.9. The van der Waals surface area contributed by atoms with Gasteiger partial charge in [0.2, 0.25) is 0 Å². The molecular weight excluding hydrogens is 261 g/mol. The van der Waals surface area contributed by atoms with Gasteiger partial charge in [-0.15, -0.1) is 0 Å². The molecule has 1 aromatic heterocycles. The maximum atomic E-state index is 6.28. The van der Waals surface area contributed by atoms with Crippen LogP contribution in [-0.2, 0) is 11.2 Å². The Labute approximate surface area is 129 Å². The second kappa shape index (κ2) is 5.43. The van der Waals surface area contributed by atoms with Gasteiger partial charge < -0.3 is 9.55 Å². The van der Waals surface area contributed by atoms with Crippen LogP contribution < -0.4 is 5.46 Å². The van der Waals surface area contributed by atoms with Gasteiger partial charge in [-0.25, -0.2) is 0 Å². The van der Waals surface area contributed by atoms with Crippen molar-refractivity contribution in [1.29, 1.82) is 0 Å². The first-order valence-corrected chi connectivity index (χ1v) is 8.30. The second-order valence-electron chi connectivity index (χ2n) is 7.79. The Hall–Kier alpha value is -0.805. The predicted octanol–water partition coefficient (Wildman–Crippen LogP) is 2.01. The van der Waals surface area contributed by atoms with Crippen molar-refractivity contribution in [1.82, 2.24) is 14.7 Å². The summed E-state index contributed by atoms with van der Waals surface area (Å²) in [4.78, 5) is 2.53. The van der Waals surface area contributed by atoms with Crippen LogP contribution in [0.2, 0.25) is 6.32 Å². The lowest BCUT2D eigenvalue weighted by Gasteiger charge is -2.34. The maximum Gasteiger partial charge on any atom is 0.331 e. The Bertz CT molecular complexity index is 475. The van der Waals surface area contributed by atoms with Crippen molar-refractivity contribution in [2.24, 2.45) is 5.41 Å². The molecule has 3 rings (SSSR count). The molecule has 1 aromatic rings. The molecule has 21 heavy (non-hydrogen) atoms. The Morgan fingerprint density at radius 2 is 1.90 bits per heavy atom. The minimum absolute atomic E-state index is 0.0741. The average Bonchev–Trinajstić information content (AvgIpc) is 3.09. The van der Waals surface area contributed by atoms with Gasteiger partial charge in [-0.3, -0.25) is 4.68 Å². The summed E-state index contributed by atoms with van der Waals surface area (Å²) in [5.74, 6) is 0. The van der Waals surface area contributed by atoms with Crippen molar-refractivity contribution in [3.63, 3.8) is 0 Å². The number of aromatic nitrogens is 2. The Morgan fingerprint density at radius 1 is 1.19 bits per heavy atom. The quantitative estimate of drug-likeness (QED) is 0.794. The van der Waals surface area contributed by atoms with Crippen LogP contribution in [0.25, 0.3) is 0 Å². The molecule has 2 fully saturated rings. The van der Waals surface area contributed by atoms with E-state index in [4.69, 9.17) is 4.65 Å². The smallest absolute Gasteiger partial charge is 0.331 e. The van der Waals surface area contributed by atoms with E-state index in [1.54, 1.807) is 0 Å². The zero-order valence-electron chi connectivity index (χ0n) is 13.9. The van der Waals surface area contributed by atoms with Crippen molar-refractivity contribution in [2.45, 2.75) is 59.0 Å². The van der Waals surface area contributed by atoms with Crippen molar-refractivity contribution in [3.8, 4) is 0 Å². The van der Waals surface area contributed by atoms with Gasteiger partial charge in [-0.05, 0) is 57.0 Å². The first kappa shape index (κ1) is 15.1. The molecule has 0 spiro atoms. The summed E-state index contributed by atoms with van der Waals surface area (Å²) >= 11 is 0. The van der Waals surface area contributed by atoms with E-state index in [2.05, 4.69) is 48.6 Å². The van der Waals surface area contributed by atoms with Crippen LogP contribution in [-0.4, -0.2) is 46.8 Å². The summed E-state index contributed by atoms with van der Waals surface area (Å²) in [5.41, 5.74) is 1.36. The molecule has 3 heterocycles. The van der Waals surface area contributed by atoms with Crippen molar-refractivity contribution in [2.75, 3.05) is 19.6 Å². The number of hydrogen-bond donors (Lipinski definition) is 0. The minimum Gasteiger partial charge on any atom is -0.425 e. The molecule has 4 nitrogen and oxygen atoms in total. The summed E-state index contributed by atoms with van der Waals surface area (Å²) < 4.78 is 8.36. The standard InChI is InChI=1S/C16H28BN3O/c1-15(2)13-17(21-16(15,3)4)14-11-18-20(12-14)10-9-19-7-5-6-8-19/h11-12H,5-10,13H2,1-4H3. The van der Waals surface area contributed by atoms with Crippen LogP contribution in [0.15, 0.2) is 12.4 Å². The molecule has 0 aliphatic carbocycles. The van der Waals surface area contributed by atoms with Gasteiger partial charge in [0.25, 0.3) is 0 Å². The number of nitrogens with zero attached hydrogens (tertiary/aromatic N) is 3. The molecule has 0 N–H and O–H groups in total. The van der Waals surface area contributed by atoms with Crippen molar-refractivity contribution in [3.05, 3.63) is 12.4 Å². The first-order valence-electron chi connectivity index (χ1n) is 8.30. The lowest BCUT2D eigenvalue weighted by atomic mass is 9.55. The van der Waals surface area contributed by atoms with Crippen LogP contribution in [0, 0.1) is 5.41 Å². The summed E-state index contributed by atoms with van der Waals surface area (Å²) in [6.45, 7) is 13.8. The number of likely N-dealkylation sites (tertiary alicyclic amines) is 1. The fraction of sp³-hybridized carbons (Fsp3) is 0.812. The van der Waals surface area contributed by atoms with E-state index in [0.29, 0.717) is 0 Å². The highest BCUT2D eigenvalue weighted by atomic mass is 16.5. The third-order valence-electron chi connectivity index (χ3n) is 5.63. The summed E-state index contributed by atoms with van der Waals surface area (Å²) in [7, 11) is 0. The molecule has 0 saturated carbocycles. The van der Waals surface area contributed by atoms with Gasteiger partial charge in [-0.1, -0.05) is 13.8 Å². The van der Waals surface area contributed by atoms with E-state index >= 15 is 0 Å². The topological polar surface area (TPSA) is 30.3 Å². The summed E-state index contributed by atoms with van der Waals surface area (Å²) in [6, 6.07) is 0. The highest BCUT2D eigenvalue weighted by Gasteiger charge is 2.50. The molecule has 0 radical (unpaired) electrons. The lowest BCUT2D eigenvalue weighted by molar-refractivity contribution is 0.0375. The van der Waals surface area contributed by atoms with Crippen molar-refractivity contribution >= 4 is 12.4 Å². The van der Waals surface area contributed by atoms with Gasteiger partial charge in [0.15, 0.2) is 0 Å². The van der Waals surface area contributed by atoms with Gasteiger partial charge in [0.05, 0.1) is 12.1 Å². The summed E-state index contributed by atoms with van der Waals surface area (Å²) in [5, 5.41) is 4.53. The predicted molar refractivity (Wildman–Crippen MR) is 87.0 cm³/mol. The zero-order valence-corrected chi connectivity index (χ0v) is 13.9. The molecule has 0 unspecified atom stereocenters. The number of hydrogen-bond acceptors (Lipinski definition) is 3. The Balaban J connectivity index is 1.60.